The zero-order chi connectivity index (χ0) is 10.6. The van der Waals surface area contributed by atoms with Crippen molar-refractivity contribution < 1.29 is 9.53 Å². The van der Waals surface area contributed by atoms with E-state index in [9.17, 15) is 4.79 Å². The SMILES string of the molecule is COC(=O)[C@@H](N)Cc1ccc(I)cc1. The molecule has 0 aliphatic heterocycles. The van der Waals surface area contributed by atoms with Gasteiger partial charge in [0, 0.05) is 3.57 Å². The van der Waals surface area contributed by atoms with Gasteiger partial charge >= 0.3 is 5.97 Å². The molecule has 4 heteroatoms. The Hall–Kier alpha value is -0.620. The van der Waals surface area contributed by atoms with Gasteiger partial charge in [0.05, 0.1) is 7.11 Å². The first-order valence-electron chi connectivity index (χ1n) is 4.21. The van der Waals surface area contributed by atoms with Crippen LogP contribution in [0.1, 0.15) is 5.56 Å². The highest BCUT2D eigenvalue weighted by molar-refractivity contribution is 14.1. The normalized spacial score (nSPS) is 12.2. The number of carbonyl (C=O) groups excluding carboxylic acids is 1. The Morgan fingerprint density at radius 2 is 2.07 bits per heavy atom. The Balaban J connectivity index is 2.60. The first-order chi connectivity index (χ1) is 6.63. The summed E-state index contributed by atoms with van der Waals surface area (Å²) in [5.41, 5.74) is 6.67. The van der Waals surface area contributed by atoms with Crippen LogP contribution in [-0.4, -0.2) is 19.1 Å². The number of halogens is 1. The maximum Gasteiger partial charge on any atom is 0.322 e. The Kier molecular flexibility index (Phi) is 4.34. The summed E-state index contributed by atoms with van der Waals surface area (Å²) in [4.78, 5) is 11.0. The van der Waals surface area contributed by atoms with Gasteiger partial charge in [0.2, 0.25) is 0 Å². The molecule has 0 spiro atoms. The highest BCUT2D eigenvalue weighted by atomic mass is 127. The average molecular weight is 305 g/mol. The second-order valence-electron chi connectivity index (χ2n) is 2.96. The van der Waals surface area contributed by atoms with E-state index in [0.717, 1.165) is 9.13 Å². The van der Waals surface area contributed by atoms with Gasteiger partial charge in [-0.05, 0) is 46.7 Å². The molecule has 3 nitrogen and oxygen atoms in total. The van der Waals surface area contributed by atoms with Crippen LogP contribution < -0.4 is 5.73 Å². The smallest absolute Gasteiger partial charge is 0.322 e. The third kappa shape index (κ3) is 3.26. The zero-order valence-corrected chi connectivity index (χ0v) is 10.0. The van der Waals surface area contributed by atoms with E-state index < -0.39 is 6.04 Å². The first-order valence-corrected chi connectivity index (χ1v) is 5.29. The molecule has 14 heavy (non-hydrogen) atoms. The molecule has 0 aliphatic rings. The molecule has 0 aliphatic carbocycles. The number of ether oxygens (including phenoxy) is 1. The Morgan fingerprint density at radius 1 is 1.50 bits per heavy atom. The number of carbonyl (C=O) groups is 1. The van der Waals surface area contributed by atoms with E-state index in [1.807, 2.05) is 24.3 Å². The molecule has 2 N–H and O–H groups in total. The third-order valence-corrected chi connectivity index (χ3v) is 2.59. The van der Waals surface area contributed by atoms with Gasteiger partial charge in [-0.1, -0.05) is 12.1 Å². The van der Waals surface area contributed by atoms with Gasteiger partial charge in [0.1, 0.15) is 6.04 Å². The second-order valence-corrected chi connectivity index (χ2v) is 4.21. The van der Waals surface area contributed by atoms with E-state index >= 15 is 0 Å². The molecular weight excluding hydrogens is 293 g/mol. The summed E-state index contributed by atoms with van der Waals surface area (Å²) in [5, 5.41) is 0. The van der Waals surface area contributed by atoms with E-state index in [0.29, 0.717) is 6.42 Å². The molecule has 0 radical (unpaired) electrons. The van der Waals surface area contributed by atoms with E-state index in [1.165, 1.54) is 7.11 Å². The van der Waals surface area contributed by atoms with Crippen LogP contribution in [0.15, 0.2) is 24.3 Å². The van der Waals surface area contributed by atoms with Gasteiger partial charge in [-0.2, -0.15) is 0 Å². The van der Waals surface area contributed by atoms with Crippen molar-refractivity contribution in [3.63, 3.8) is 0 Å². The molecule has 76 valence electrons. The maximum absolute atomic E-state index is 11.0. The van der Waals surface area contributed by atoms with Crippen LogP contribution >= 0.6 is 22.6 Å². The molecule has 1 aromatic rings. The van der Waals surface area contributed by atoms with Crippen molar-refractivity contribution in [1.82, 2.24) is 0 Å². The molecule has 1 atom stereocenters. The highest BCUT2D eigenvalue weighted by Gasteiger charge is 2.13. The van der Waals surface area contributed by atoms with Crippen LogP contribution in [0, 0.1) is 3.57 Å². The van der Waals surface area contributed by atoms with Crippen molar-refractivity contribution >= 4 is 28.6 Å². The van der Waals surface area contributed by atoms with Crippen LogP contribution in [0.2, 0.25) is 0 Å². The summed E-state index contributed by atoms with van der Waals surface area (Å²) in [7, 11) is 1.34. The van der Waals surface area contributed by atoms with Crippen molar-refractivity contribution in [3.8, 4) is 0 Å². The molecule has 0 saturated heterocycles. The van der Waals surface area contributed by atoms with E-state index in [4.69, 9.17) is 5.73 Å². The topological polar surface area (TPSA) is 52.3 Å². The summed E-state index contributed by atoms with van der Waals surface area (Å²) in [5.74, 6) is -0.372. The van der Waals surface area contributed by atoms with Gasteiger partial charge in [-0.15, -0.1) is 0 Å². The van der Waals surface area contributed by atoms with Crippen LogP contribution in [0.3, 0.4) is 0 Å². The minimum absolute atomic E-state index is 0.372. The van der Waals surface area contributed by atoms with Crippen LogP contribution in [0.5, 0.6) is 0 Å². The van der Waals surface area contributed by atoms with Crippen molar-refractivity contribution in [2.45, 2.75) is 12.5 Å². The Morgan fingerprint density at radius 3 is 2.57 bits per heavy atom. The average Bonchev–Trinajstić information content (AvgIpc) is 2.20. The lowest BCUT2D eigenvalue weighted by Gasteiger charge is -2.08. The number of benzene rings is 1. The zero-order valence-electron chi connectivity index (χ0n) is 7.87. The molecule has 0 aromatic heterocycles. The molecule has 0 fully saturated rings. The van der Waals surface area contributed by atoms with Crippen molar-refractivity contribution in [1.29, 1.82) is 0 Å². The molecule has 0 unspecified atom stereocenters. The molecule has 0 amide bonds. The summed E-state index contributed by atoms with van der Waals surface area (Å²) in [6, 6.07) is 7.33. The summed E-state index contributed by atoms with van der Waals surface area (Å²) in [6.45, 7) is 0. The molecule has 1 rings (SSSR count). The maximum atomic E-state index is 11.0. The van der Waals surface area contributed by atoms with Gasteiger partial charge < -0.3 is 10.5 Å². The second kappa shape index (κ2) is 5.31. The highest BCUT2D eigenvalue weighted by Crippen LogP contribution is 2.08. The summed E-state index contributed by atoms with van der Waals surface area (Å²) < 4.78 is 5.71. The van der Waals surface area contributed by atoms with Crippen molar-refractivity contribution in [2.75, 3.05) is 7.11 Å². The number of nitrogens with two attached hydrogens (primary N) is 1. The van der Waals surface area contributed by atoms with Gasteiger partial charge in [0.15, 0.2) is 0 Å². The number of hydrogen-bond donors (Lipinski definition) is 1. The van der Waals surface area contributed by atoms with Crippen LogP contribution in [0.25, 0.3) is 0 Å². The Labute approximate surface area is 96.8 Å². The fourth-order valence-electron chi connectivity index (χ4n) is 1.11. The number of esters is 1. The van der Waals surface area contributed by atoms with Gasteiger partial charge in [-0.25, -0.2) is 0 Å². The molecule has 0 saturated carbocycles. The molecular formula is C10H12INO2. The lowest BCUT2D eigenvalue weighted by molar-refractivity contribution is -0.142. The van der Waals surface area contributed by atoms with E-state index in [-0.39, 0.29) is 5.97 Å². The standard InChI is InChI=1S/C10H12INO2/c1-14-10(13)9(12)6-7-2-4-8(11)5-3-7/h2-5,9H,6,12H2,1H3/t9-/m0/s1. The quantitative estimate of drug-likeness (QED) is 0.677. The van der Waals surface area contributed by atoms with Crippen LogP contribution in [-0.2, 0) is 16.0 Å². The van der Waals surface area contributed by atoms with Crippen molar-refractivity contribution in [2.24, 2.45) is 5.73 Å². The summed E-state index contributed by atoms with van der Waals surface area (Å²) >= 11 is 2.23. The third-order valence-electron chi connectivity index (χ3n) is 1.87. The fraction of sp³-hybridized carbons (Fsp3) is 0.300. The monoisotopic (exact) mass is 305 g/mol. The number of hydrogen-bond acceptors (Lipinski definition) is 3. The predicted molar refractivity (Wildman–Crippen MR) is 62.9 cm³/mol. The largest absolute Gasteiger partial charge is 0.468 e. The predicted octanol–water partition coefficient (Wildman–Crippen LogP) is 1.33. The summed E-state index contributed by atoms with van der Waals surface area (Å²) in [6.07, 6.45) is 0.517. The molecule has 1 aromatic carbocycles. The van der Waals surface area contributed by atoms with Gasteiger partial charge in [0.25, 0.3) is 0 Å². The first kappa shape index (κ1) is 11.5. The minimum atomic E-state index is -0.569. The van der Waals surface area contributed by atoms with E-state index in [2.05, 4.69) is 27.3 Å². The number of rotatable bonds is 3. The molecule has 0 bridgehead atoms. The lowest BCUT2D eigenvalue weighted by atomic mass is 10.1. The van der Waals surface area contributed by atoms with E-state index in [1.54, 1.807) is 0 Å². The number of methoxy groups -OCH3 is 1. The Bertz CT molecular complexity index is 310. The van der Waals surface area contributed by atoms with Gasteiger partial charge in [-0.3, -0.25) is 4.79 Å². The molecule has 0 heterocycles. The van der Waals surface area contributed by atoms with Crippen LogP contribution in [0.4, 0.5) is 0 Å². The minimum Gasteiger partial charge on any atom is -0.468 e. The van der Waals surface area contributed by atoms with Crippen molar-refractivity contribution in [3.05, 3.63) is 33.4 Å². The lowest BCUT2D eigenvalue weighted by Crippen LogP contribution is -2.33. The fourth-order valence-corrected chi connectivity index (χ4v) is 1.47.